The molecule has 1 heteroatoms. The van der Waals surface area contributed by atoms with Crippen LogP contribution in [0.15, 0.2) is 23.9 Å². The Labute approximate surface area is 71.1 Å². The van der Waals surface area contributed by atoms with E-state index in [0.717, 1.165) is 0 Å². The number of H-pyrrole nitrogens is 1. The Kier molecular flexibility index (Phi) is 1.01. The Hall–Kier alpha value is -1.24. The van der Waals surface area contributed by atoms with Crippen molar-refractivity contribution >= 4 is 11.1 Å². The third-order valence-electron chi connectivity index (χ3n) is 2.94. The fourth-order valence-electron chi connectivity index (χ4n) is 2.46. The van der Waals surface area contributed by atoms with Gasteiger partial charge in [-0.05, 0) is 42.6 Å². The molecule has 0 aromatic carbocycles. The number of aromatic nitrogens is 1. The van der Waals surface area contributed by atoms with Crippen molar-refractivity contribution in [1.29, 1.82) is 0 Å². The molecule has 0 saturated heterocycles. The van der Waals surface area contributed by atoms with E-state index in [-0.39, 0.29) is 0 Å². The molecule has 1 aromatic heterocycles. The molecule has 1 saturated carbocycles. The van der Waals surface area contributed by atoms with Crippen LogP contribution in [0.4, 0.5) is 0 Å². The third-order valence-corrected chi connectivity index (χ3v) is 2.94. The van der Waals surface area contributed by atoms with Crippen LogP contribution in [0.2, 0.25) is 0 Å². The van der Waals surface area contributed by atoms with E-state index >= 15 is 0 Å². The summed E-state index contributed by atoms with van der Waals surface area (Å²) in [5.74, 6) is 0. The molecule has 60 valence electrons. The van der Waals surface area contributed by atoms with Crippen LogP contribution < -0.4 is 10.6 Å². The Bertz CT molecular complexity index is 445. The van der Waals surface area contributed by atoms with Crippen molar-refractivity contribution in [3.05, 3.63) is 34.5 Å². The first-order chi connectivity index (χ1) is 5.92. The van der Waals surface area contributed by atoms with Crippen molar-refractivity contribution in [2.24, 2.45) is 0 Å². The van der Waals surface area contributed by atoms with Crippen LogP contribution in [-0.2, 0) is 0 Å². The fourth-order valence-corrected chi connectivity index (χ4v) is 2.46. The lowest BCUT2D eigenvalue weighted by Crippen LogP contribution is -2.23. The molecule has 1 heterocycles. The molecular formula is C11H11N. The summed E-state index contributed by atoms with van der Waals surface area (Å²) in [5.41, 5.74) is 4.59. The number of rotatable bonds is 0. The van der Waals surface area contributed by atoms with E-state index in [2.05, 4.69) is 24.1 Å². The third kappa shape index (κ3) is 0.523. The van der Waals surface area contributed by atoms with E-state index in [4.69, 9.17) is 0 Å². The number of hydrogen-bond donors (Lipinski definition) is 1. The van der Waals surface area contributed by atoms with Gasteiger partial charge in [-0.15, -0.1) is 0 Å². The Balaban J connectivity index is 2.59. The van der Waals surface area contributed by atoms with Crippen molar-refractivity contribution in [3.8, 4) is 0 Å². The van der Waals surface area contributed by atoms with Crippen LogP contribution in [-0.4, -0.2) is 4.98 Å². The highest BCUT2D eigenvalue weighted by Crippen LogP contribution is 2.37. The average molecular weight is 157 g/mol. The molecule has 0 radical (unpaired) electrons. The van der Waals surface area contributed by atoms with Crippen LogP contribution in [0.5, 0.6) is 0 Å². The van der Waals surface area contributed by atoms with E-state index < -0.39 is 0 Å². The SMILES string of the molecule is CC=C1C2=c3cc[nH]c3=C1CC2. The second-order valence-corrected chi connectivity index (χ2v) is 3.43. The molecule has 2 aliphatic rings. The topological polar surface area (TPSA) is 15.8 Å². The Morgan fingerprint density at radius 2 is 2.17 bits per heavy atom. The first-order valence-electron chi connectivity index (χ1n) is 4.48. The van der Waals surface area contributed by atoms with E-state index in [1.807, 2.05) is 6.20 Å². The van der Waals surface area contributed by atoms with Crippen molar-refractivity contribution < 1.29 is 0 Å². The lowest BCUT2D eigenvalue weighted by Gasteiger charge is -1.92. The molecule has 0 unspecified atom stereocenters. The molecule has 3 rings (SSSR count). The van der Waals surface area contributed by atoms with Gasteiger partial charge in [0.05, 0.1) is 0 Å². The molecule has 0 amide bonds. The minimum absolute atomic E-state index is 1.24. The summed E-state index contributed by atoms with van der Waals surface area (Å²) in [7, 11) is 0. The second kappa shape index (κ2) is 1.92. The molecular weight excluding hydrogens is 146 g/mol. The first kappa shape index (κ1) is 6.30. The van der Waals surface area contributed by atoms with E-state index in [1.165, 1.54) is 34.6 Å². The fraction of sp³-hybridized carbons (Fsp3) is 0.273. The molecule has 1 N–H and O–H groups in total. The van der Waals surface area contributed by atoms with Crippen LogP contribution in [0.1, 0.15) is 19.8 Å². The van der Waals surface area contributed by atoms with Gasteiger partial charge in [0.25, 0.3) is 0 Å². The molecule has 0 atom stereocenters. The maximum Gasteiger partial charge on any atom is 0.0495 e. The predicted molar refractivity (Wildman–Crippen MR) is 49.8 cm³/mol. The van der Waals surface area contributed by atoms with Gasteiger partial charge in [-0.3, -0.25) is 0 Å². The van der Waals surface area contributed by atoms with Gasteiger partial charge in [0.2, 0.25) is 0 Å². The second-order valence-electron chi connectivity index (χ2n) is 3.43. The molecule has 12 heavy (non-hydrogen) atoms. The maximum absolute atomic E-state index is 3.31. The van der Waals surface area contributed by atoms with Crippen molar-refractivity contribution in [1.82, 2.24) is 4.98 Å². The first-order valence-corrected chi connectivity index (χ1v) is 4.48. The molecule has 2 bridgehead atoms. The minimum atomic E-state index is 1.24. The van der Waals surface area contributed by atoms with Gasteiger partial charge in [-0.2, -0.15) is 0 Å². The highest BCUT2D eigenvalue weighted by molar-refractivity contribution is 5.93. The summed E-state index contributed by atoms with van der Waals surface area (Å²) in [4.78, 5) is 3.31. The predicted octanol–water partition coefficient (Wildman–Crippen LogP) is 1.07. The maximum atomic E-state index is 3.31. The zero-order valence-corrected chi connectivity index (χ0v) is 7.15. The molecule has 1 fully saturated rings. The van der Waals surface area contributed by atoms with Crippen LogP contribution in [0.3, 0.4) is 0 Å². The van der Waals surface area contributed by atoms with Crippen LogP contribution >= 0.6 is 0 Å². The Morgan fingerprint density at radius 1 is 1.33 bits per heavy atom. The van der Waals surface area contributed by atoms with Gasteiger partial charge in [0.1, 0.15) is 0 Å². The standard InChI is InChI=1S/C11H11N/c1-2-7-8-3-4-9(7)11-10(8)5-6-12-11/h2,5-6,12H,3-4H2,1H3. The highest BCUT2D eigenvalue weighted by Gasteiger charge is 2.25. The number of fused-ring (bicyclic) bond motifs is 3. The van der Waals surface area contributed by atoms with Crippen molar-refractivity contribution in [2.75, 3.05) is 0 Å². The molecule has 1 aromatic rings. The number of aromatic amines is 1. The van der Waals surface area contributed by atoms with E-state index in [0.29, 0.717) is 0 Å². The number of hydrogen-bond acceptors (Lipinski definition) is 0. The van der Waals surface area contributed by atoms with Gasteiger partial charge in [0.15, 0.2) is 0 Å². The van der Waals surface area contributed by atoms with Gasteiger partial charge in [0, 0.05) is 16.8 Å². The summed E-state index contributed by atoms with van der Waals surface area (Å²) in [5, 5.41) is 2.83. The smallest absolute Gasteiger partial charge is 0.0495 e. The normalized spacial score (nSPS) is 22.6. The molecule has 0 spiro atoms. The van der Waals surface area contributed by atoms with Crippen LogP contribution in [0.25, 0.3) is 11.1 Å². The molecule has 2 aliphatic carbocycles. The van der Waals surface area contributed by atoms with Crippen molar-refractivity contribution in [3.63, 3.8) is 0 Å². The van der Waals surface area contributed by atoms with E-state index in [9.17, 15) is 0 Å². The summed E-state index contributed by atoms with van der Waals surface area (Å²) in [6, 6.07) is 2.19. The Morgan fingerprint density at radius 3 is 2.92 bits per heavy atom. The van der Waals surface area contributed by atoms with Gasteiger partial charge >= 0.3 is 0 Å². The summed E-state index contributed by atoms with van der Waals surface area (Å²) >= 11 is 0. The average Bonchev–Trinajstić information content (AvgIpc) is 2.75. The summed E-state index contributed by atoms with van der Waals surface area (Å²) in [6.45, 7) is 2.13. The zero-order chi connectivity index (χ0) is 8.13. The molecule has 1 nitrogen and oxygen atoms in total. The quantitative estimate of drug-likeness (QED) is 0.580. The lowest BCUT2D eigenvalue weighted by atomic mass is 10.1. The van der Waals surface area contributed by atoms with E-state index in [1.54, 1.807) is 5.57 Å². The highest BCUT2D eigenvalue weighted by atomic mass is 14.7. The monoisotopic (exact) mass is 157 g/mol. The zero-order valence-electron chi connectivity index (χ0n) is 7.15. The minimum Gasteiger partial charge on any atom is -0.361 e. The van der Waals surface area contributed by atoms with Gasteiger partial charge < -0.3 is 4.98 Å². The number of nitrogens with one attached hydrogen (secondary N) is 1. The van der Waals surface area contributed by atoms with Crippen molar-refractivity contribution in [2.45, 2.75) is 19.8 Å². The molecule has 0 aliphatic heterocycles. The van der Waals surface area contributed by atoms with Crippen LogP contribution in [0, 0.1) is 0 Å². The van der Waals surface area contributed by atoms with Gasteiger partial charge in [-0.25, -0.2) is 0 Å². The summed E-state index contributed by atoms with van der Waals surface area (Å²) in [6.07, 6.45) is 6.77. The number of allylic oxidation sites excluding steroid dienone is 2. The van der Waals surface area contributed by atoms with Gasteiger partial charge in [-0.1, -0.05) is 6.08 Å². The summed E-state index contributed by atoms with van der Waals surface area (Å²) < 4.78 is 0. The largest absolute Gasteiger partial charge is 0.361 e. The lowest BCUT2D eigenvalue weighted by molar-refractivity contribution is 1.10.